The molecule has 1 rings (SSSR count). The Balaban J connectivity index is 2.14. The molecule has 0 aromatic heterocycles. The highest BCUT2D eigenvalue weighted by atomic mass is 16.6. The molecule has 4 nitrogen and oxygen atoms in total. The Morgan fingerprint density at radius 3 is 2.59 bits per heavy atom. The van der Waals surface area contributed by atoms with Gasteiger partial charge >= 0.3 is 5.97 Å². The molecule has 0 aliphatic rings. The van der Waals surface area contributed by atoms with E-state index in [9.17, 15) is 4.79 Å². The predicted octanol–water partition coefficient (Wildman–Crippen LogP) is 2.03. The van der Waals surface area contributed by atoms with Gasteiger partial charge < -0.3 is 14.2 Å². The van der Waals surface area contributed by atoms with Crippen LogP contribution in [-0.4, -0.2) is 31.9 Å². The third kappa shape index (κ3) is 5.36. The van der Waals surface area contributed by atoms with E-state index in [4.69, 9.17) is 14.2 Å². The number of ether oxygens (including phenoxy) is 3. The fourth-order valence-corrected chi connectivity index (χ4v) is 1.23. The van der Waals surface area contributed by atoms with Gasteiger partial charge in [0.15, 0.2) is 6.10 Å². The zero-order valence-electron chi connectivity index (χ0n) is 10.2. The first-order chi connectivity index (χ1) is 8.24. The maximum atomic E-state index is 11.2. The zero-order chi connectivity index (χ0) is 12.5. The molecule has 0 saturated heterocycles. The Kier molecular flexibility index (Phi) is 6.10. The van der Waals surface area contributed by atoms with Gasteiger partial charge in [-0.3, -0.25) is 0 Å². The lowest BCUT2D eigenvalue weighted by atomic mass is 10.3. The van der Waals surface area contributed by atoms with Gasteiger partial charge in [-0.1, -0.05) is 18.2 Å². The van der Waals surface area contributed by atoms with Crippen LogP contribution < -0.4 is 4.74 Å². The van der Waals surface area contributed by atoms with Crippen LogP contribution >= 0.6 is 0 Å². The second kappa shape index (κ2) is 7.68. The van der Waals surface area contributed by atoms with E-state index in [1.54, 1.807) is 13.8 Å². The molecule has 4 heteroatoms. The van der Waals surface area contributed by atoms with Crippen molar-refractivity contribution in [2.45, 2.75) is 20.0 Å². The maximum absolute atomic E-state index is 11.2. The van der Waals surface area contributed by atoms with Crippen LogP contribution in [0, 0.1) is 0 Å². The van der Waals surface area contributed by atoms with E-state index in [1.807, 2.05) is 30.3 Å². The molecule has 1 atom stereocenters. The van der Waals surface area contributed by atoms with Crippen molar-refractivity contribution < 1.29 is 19.0 Å². The number of carbonyl (C=O) groups excluding carboxylic acids is 1. The Morgan fingerprint density at radius 2 is 1.94 bits per heavy atom. The van der Waals surface area contributed by atoms with Crippen LogP contribution in [0.3, 0.4) is 0 Å². The highest BCUT2D eigenvalue weighted by molar-refractivity contribution is 5.74. The zero-order valence-corrected chi connectivity index (χ0v) is 10.2. The number of hydrogen-bond donors (Lipinski definition) is 0. The van der Waals surface area contributed by atoms with E-state index in [2.05, 4.69) is 0 Å². The summed E-state index contributed by atoms with van der Waals surface area (Å²) >= 11 is 0. The normalized spacial score (nSPS) is 11.9. The molecule has 0 aliphatic carbocycles. The summed E-state index contributed by atoms with van der Waals surface area (Å²) in [6.45, 7) is 4.57. The molecule has 0 radical (unpaired) electrons. The molecule has 1 aromatic rings. The summed E-state index contributed by atoms with van der Waals surface area (Å²) in [6, 6.07) is 9.46. The van der Waals surface area contributed by atoms with E-state index < -0.39 is 6.10 Å². The summed E-state index contributed by atoms with van der Waals surface area (Å²) in [6.07, 6.45) is -0.547. The van der Waals surface area contributed by atoms with Crippen LogP contribution in [0.15, 0.2) is 30.3 Å². The molecular formula is C13H18O4. The molecule has 0 N–H and O–H groups in total. The highest BCUT2D eigenvalue weighted by Gasteiger charge is 2.13. The molecule has 1 aromatic carbocycles. The third-order valence-corrected chi connectivity index (χ3v) is 2.08. The molecule has 94 valence electrons. The van der Waals surface area contributed by atoms with E-state index in [-0.39, 0.29) is 5.97 Å². The summed E-state index contributed by atoms with van der Waals surface area (Å²) < 4.78 is 15.5. The molecule has 0 saturated carbocycles. The largest absolute Gasteiger partial charge is 0.491 e. The molecule has 1 unspecified atom stereocenters. The topological polar surface area (TPSA) is 44.8 Å². The van der Waals surface area contributed by atoms with Crippen LogP contribution in [0.1, 0.15) is 13.8 Å². The van der Waals surface area contributed by atoms with Crippen molar-refractivity contribution in [3.8, 4) is 5.75 Å². The van der Waals surface area contributed by atoms with Gasteiger partial charge in [0.25, 0.3) is 0 Å². The molecule has 17 heavy (non-hydrogen) atoms. The number of carbonyl (C=O) groups is 1. The average Bonchev–Trinajstić information content (AvgIpc) is 2.36. The number of rotatable bonds is 7. The van der Waals surface area contributed by atoms with Gasteiger partial charge in [0.2, 0.25) is 0 Å². The van der Waals surface area contributed by atoms with Gasteiger partial charge in [0, 0.05) is 0 Å². The Hall–Kier alpha value is -1.55. The number of esters is 1. The fourth-order valence-electron chi connectivity index (χ4n) is 1.23. The molecule has 0 spiro atoms. The SMILES string of the molecule is CCOC(=O)C(C)OCCOc1ccccc1. The lowest BCUT2D eigenvalue weighted by molar-refractivity contribution is -0.155. The second-order valence-corrected chi connectivity index (χ2v) is 3.43. The quantitative estimate of drug-likeness (QED) is 0.538. The first kappa shape index (κ1) is 13.5. The average molecular weight is 238 g/mol. The number of hydrogen-bond acceptors (Lipinski definition) is 4. The van der Waals surface area contributed by atoms with E-state index >= 15 is 0 Å². The van der Waals surface area contributed by atoms with Crippen molar-refractivity contribution in [2.24, 2.45) is 0 Å². The van der Waals surface area contributed by atoms with Crippen molar-refractivity contribution in [3.05, 3.63) is 30.3 Å². The van der Waals surface area contributed by atoms with Gasteiger partial charge in [-0.05, 0) is 26.0 Å². The van der Waals surface area contributed by atoms with Crippen molar-refractivity contribution in [3.63, 3.8) is 0 Å². The molecule has 0 fully saturated rings. The minimum atomic E-state index is -0.547. The molecule has 0 bridgehead atoms. The smallest absolute Gasteiger partial charge is 0.334 e. The van der Waals surface area contributed by atoms with Gasteiger partial charge in [-0.15, -0.1) is 0 Å². The van der Waals surface area contributed by atoms with Gasteiger partial charge in [-0.25, -0.2) is 4.79 Å². The standard InChI is InChI=1S/C13H18O4/c1-3-15-13(14)11(2)16-9-10-17-12-7-5-4-6-8-12/h4-8,11H,3,9-10H2,1-2H3. The van der Waals surface area contributed by atoms with Gasteiger partial charge in [0.05, 0.1) is 13.2 Å². The second-order valence-electron chi connectivity index (χ2n) is 3.43. The third-order valence-electron chi connectivity index (χ3n) is 2.08. The number of para-hydroxylation sites is 1. The fraction of sp³-hybridized carbons (Fsp3) is 0.462. The van der Waals surface area contributed by atoms with E-state index in [1.165, 1.54) is 0 Å². The monoisotopic (exact) mass is 238 g/mol. The minimum Gasteiger partial charge on any atom is -0.491 e. The Morgan fingerprint density at radius 1 is 1.24 bits per heavy atom. The first-order valence-corrected chi connectivity index (χ1v) is 5.70. The van der Waals surface area contributed by atoms with Crippen molar-refractivity contribution in [1.82, 2.24) is 0 Å². The first-order valence-electron chi connectivity index (χ1n) is 5.70. The molecule has 0 aliphatic heterocycles. The minimum absolute atomic E-state index is 0.341. The van der Waals surface area contributed by atoms with Crippen LogP contribution in [0.5, 0.6) is 5.75 Å². The lowest BCUT2D eigenvalue weighted by Gasteiger charge is -2.12. The molecule has 0 amide bonds. The van der Waals surface area contributed by atoms with Crippen molar-refractivity contribution in [2.75, 3.05) is 19.8 Å². The molecular weight excluding hydrogens is 220 g/mol. The van der Waals surface area contributed by atoms with E-state index in [0.717, 1.165) is 5.75 Å². The maximum Gasteiger partial charge on any atom is 0.334 e. The van der Waals surface area contributed by atoms with E-state index in [0.29, 0.717) is 19.8 Å². The van der Waals surface area contributed by atoms with Crippen LogP contribution in [-0.2, 0) is 14.3 Å². The van der Waals surface area contributed by atoms with Crippen molar-refractivity contribution in [1.29, 1.82) is 0 Å². The molecule has 0 heterocycles. The van der Waals surface area contributed by atoms with Gasteiger partial charge in [-0.2, -0.15) is 0 Å². The summed E-state index contributed by atoms with van der Waals surface area (Å²) in [4.78, 5) is 11.2. The number of benzene rings is 1. The predicted molar refractivity (Wildman–Crippen MR) is 64.0 cm³/mol. The Bertz CT molecular complexity index is 323. The highest BCUT2D eigenvalue weighted by Crippen LogP contribution is 2.07. The summed E-state index contributed by atoms with van der Waals surface area (Å²) in [5.41, 5.74) is 0. The summed E-state index contributed by atoms with van der Waals surface area (Å²) in [5.74, 6) is 0.451. The van der Waals surface area contributed by atoms with Crippen LogP contribution in [0.2, 0.25) is 0 Å². The summed E-state index contributed by atoms with van der Waals surface area (Å²) in [7, 11) is 0. The summed E-state index contributed by atoms with van der Waals surface area (Å²) in [5, 5.41) is 0. The van der Waals surface area contributed by atoms with Crippen molar-refractivity contribution >= 4 is 5.97 Å². The Labute approximate surface area is 101 Å². The van der Waals surface area contributed by atoms with Crippen LogP contribution in [0.4, 0.5) is 0 Å². The van der Waals surface area contributed by atoms with Gasteiger partial charge in [0.1, 0.15) is 12.4 Å². The lowest BCUT2D eigenvalue weighted by Crippen LogP contribution is -2.25. The van der Waals surface area contributed by atoms with Crippen LogP contribution in [0.25, 0.3) is 0 Å².